The number of likely N-dealkylation sites (N-methyl/N-ethyl adjacent to an activating group) is 1. The summed E-state index contributed by atoms with van der Waals surface area (Å²) in [6.45, 7) is 6.60. The number of hydrogen-bond donors (Lipinski definition) is 1. The Morgan fingerprint density at radius 2 is 1.70 bits per heavy atom. The average Bonchev–Trinajstić information content (AvgIpc) is 3.32. The van der Waals surface area contributed by atoms with Gasteiger partial charge in [-0.25, -0.2) is 9.67 Å². The molecule has 186 valence electrons. The lowest BCUT2D eigenvalue weighted by Gasteiger charge is -2.35. The first-order chi connectivity index (χ1) is 17.7. The van der Waals surface area contributed by atoms with E-state index in [0.717, 1.165) is 38.0 Å². The fraction of sp³-hybridized carbons (Fsp3) is 0.172. The maximum atomic E-state index is 6.76. The number of aromatic nitrogens is 2. The highest BCUT2D eigenvalue weighted by molar-refractivity contribution is 9.10. The lowest BCUT2D eigenvalue weighted by Crippen LogP contribution is -2.29. The second kappa shape index (κ2) is 8.80. The van der Waals surface area contributed by atoms with Crippen LogP contribution in [0.3, 0.4) is 0 Å². The Morgan fingerprint density at radius 3 is 2.43 bits per heavy atom. The van der Waals surface area contributed by atoms with E-state index in [1.165, 1.54) is 16.9 Å². The molecule has 6 rings (SSSR count). The molecule has 3 heterocycles. The number of aryl methyl sites for hydroxylation is 1. The van der Waals surface area contributed by atoms with Gasteiger partial charge in [0, 0.05) is 45.5 Å². The molecule has 0 saturated carbocycles. The maximum absolute atomic E-state index is 6.76. The van der Waals surface area contributed by atoms with Crippen LogP contribution >= 0.6 is 22.1 Å². The van der Waals surface area contributed by atoms with E-state index >= 15 is 0 Å². The van der Waals surface area contributed by atoms with Gasteiger partial charge in [0.2, 0.25) is 0 Å². The number of aliphatic imine (C=N–C) groups is 1. The van der Waals surface area contributed by atoms with Gasteiger partial charge in [0.15, 0.2) is 5.82 Å². The molecule has 0 saturated heterocycles. The van der Waals surface area contributed by atoms with Crippen LogP contribution in [-0.2, 0) is 17.2 Å². The molecule has 8 heteroatoms. The zero-order chi connectivity index (χ0) is 25.9. The van der Waals surface area contributed by atoms with Crippen molar-refractivity contribution in [1.82, 2.24) is 9.78 Å². The van der Waals surface area contributed by atoms with Crippen molar-refractivity contribution in [2.45, 2.75) is 26.2 Å². The third-order valence-corrected chi connectivity index (χ3v) is 11.8. The van der Waals surface area contributed by atoms with Crippen LogP contribution in [0.1, 0.15) is 25.1 Å². The Bertz CT molecular complexity index is 1650. The lowest BCUT2D eigenvalue weighted by atomic mass is 9.84. The van der Waals surface area contributed by atoms with Crippen LogP contribution in [0.25, 0.3) is 5.69 Å². The van der Waals surface area contributed by atoms with Gasteiger partial charge in [0.1, 0.15) is 0 Å². The maximum Gasteiger partial charge on any atom is 0.166 e. The van der Waals surface area contributed by atoms with Gasteiger partial charge in [-0.15, -0.1) is 0 Å². The number of halogens is 1. The summed E-state index contributed by atoms with van der Waals surface area (Å²) < 4.78 is 2.92. The molecule has 1 aromatic heterocycles. The number of fused-ring (bicyclic) bond motifs is 2. The molecule has 4 aromatic rings. The molecule has 5 nitrogen and oxygen atoms in total. The van der Waals surface area contributed by atoms with Crippen LogP contribution in [0.5, 0.6) is 0 Å². The number of rotatable bonds is 3. The van der Waals surface area contributed by atoms with Crippen LogP contribution in [0.15, 0.2) is 99.3 Å². The third-order valence-electron chi connectivity index (χ3n) is 7.19. The van der Waals surface area contributed by atoms with Crippen molar-refractivity contribution in [2.75, 3.05) is 17.0 Å². The smallest absolute Gasteiger partial charge is 0.166 e. The lowest BCUT2D eigenvalue weighted by molar-refractivity contribution is 0.639. The van der Waals surface area contributed by atoms with Crippen LogP contribution in [0, 0.1) is 6.92 Å². The number of allylic oxidation sites excluding steroid dienone is 2. The molecule has 0 aliphatic carbocycles. The van der Waals surface area contributed by atoms with Crippen LogP contribution in [0.2, 0.25) is 0 Å². The number of para-hydroxylation sites is 2. The van der Waals surface area contributed by atoms with Crippen molar-refractivity contribution >= 4 is 62.6 Å². The quantitative estimate of drug-likeness (QED) is 0.253. The SMILES string of the molecule is Cc1nn(-c2ccccc2)c2c1P(=S)(Nc1cccc(Br)c1)C(=C1N(C)c3ccccc3C1(C)C)C=N2. The molecule has 0 amide bonds. The Hall–Kier alpha value is -2.99. The normalized spacial score (nSPS) is 21.6. The summed E-state index contributed by atoms with van der Waals surface area (Å²) in [6, 6.07) is 26.9. The summed E-state index contributed by atoms with van der Waals surface area (Å²) in [5.41, 5.74) is 6.28. The molecule has 37 heavy (non-hydrogen) atoms. The number of hydrogen-bond acceptors (Lipinski definition) is 4. The highest BCUT2D eigenvalue weighted by atomic mass is 79.9. The van der Waals surface area contributed by atoms with Crippen molar-refractivity contribution in [1.29, 1.82) is 0 Å². The zero-order valence-corrected chi connectivity index (χ0v) is 24.4. The van der Waals surface area contributed by atoms with E-state index in [2.05, 4.69) is 83.2 Å². The van der Waals surface area contributed by atoms with Gasteiger partial charge in [0.25, 0.3) is 0 Å². The van der Waals surface area contributed by atoms with Gasteiger partial charge in [-0.1, -0.05) is 84.0 Å². The van der Waals surface area contributed by atoms with Crippen molar-refractivity contribution in [3.05, 3.63) is 106 Å². The molecule has 0 bridgehead atoms. The van der Waals surface area contributed by atoms with Gasteiger partial charge in [-0.2, -0.15) is 5.10 Å². The highest BCUT2D eigenvalue weighted by Crippen LogP contribution is 2.62. The van der Waals surface area contributed by atoms with E-state index in [9.17, 15) is 0 Å². The highest BCUT2D eigenvalue weighted by Gasteiger charge is 2.45. The summed E-state index contributed by atoms with van der Waals surface area (Å²) in [5, 5.41) is 10.9. The van der Waals surface area contributed by atoms with Crippen molar-refractivity contribution in [3.63, 3.8) is 0 Å². The Kier molecular flexibility index (Phi) is 5.79. The predicted octanol–water partition coefficient (Wildman–Crippen LogP) is 7.43. The Labute approximate surface area is 231 Å². The second-order valence-corrected chi connectivity index (χ2v) is 14.9. The largest absolute Gasteiger partial charge is 0.350 e. The molecule has 3 aromatic carbocycles. The van der Waals surface area contributed by atoms with Crippen molar-refractivity contribution in [3.8, 4) is 5.69 Å². The minimum absolute atomic E-state index is 0.240. The minimum atomic E-state index is -2.62. The van der Waals surface area contributed by atoms with Gasteiger partial charge in [-0.05, 0) is 48.9 Å². The molecule has 0 fully saturated rings. The van der Waals surface area contributed by atoms with Crippen molar-refractivity contribution in [2.24, 2.45) is 4.99 Å². The van der Waals surface area contributed by atoms with Crippen LogP contribution in [0.4, 0.5) is 17.2 Å². The molecule has 0 spiro atoms. The first-order valence-corrected chi connectivity index (χ1v) is 15.7. The summed E-state index contributed by atoms with van der Waals surface area (Å²) in [5.74, 6) is 0.801. The minimum Gasteiger partial charge on any atom is -0.350 e. The summed E-state index contributed by atoms with van der Waals surface area (Å²) >= 11 is 10.4. The third kappa shape index (κ3) is 3.75. The van der Waals surface area contributed by atoms with Crippen LogP contribution < -0.4 is 15.3 Å². The van der Waals surface area contributed by atoms with E-state index in [1.807, 2.05) is 60.3 Å². The van der Waals surface area contributed by atoms with E-state index in [1.54, 1.807) is 0 Å². The van der Waals surface area contributed by atoms with E-state index < -0.39 is 6.19 Å². The first kappa shape index (κ1) is 24.4. The van der Waals surface area contributed by atoms with E-state index in [4.69, 9.17) is 21.9 Å². The fourth-order valence-electron chi connectivity index (χ4n) is 5.58. The number of nitrogens with zero attached hydrogens (tertiary/aromatic N) is 4. The molecule has 0 radical (unpaired) electrons. The number of anilines is 2. The van der Waals surface area contributed by atoms with Crippen molar-refractivity contribution < 1.29 is 0 Å². The topological polar surface area (TPSA) is 45.5 Å². The molecular formula is C29H27BrN5PS. The summed E-state index contributed by atoms with van der Waals surface area (Å²) in [4.78, 5) is 7.33. The van der Waals surface area contributed by atoms with Gasteiger partial charge in [-0.3, -0.25) is 0 Å². The average molecular weight is 589 g/mol. The molecular weight excluding hydrogens is 561 g/mol. The molecule has 2 aliphatic rings. The standard InChI is InChI=1S/C29H27BrN5PS/c1-19-26-28(35(32-19)22-13-6-5-7-14-22)31-18-25(36(26,37)33-21-12-10-11-20(30)17-21)27-29(2,3)23-15-8-9-16-24(23)34(27)4/h5-18H,1-4H3,(H,33,37). The van der Waals surface area contributed by atoms with Gasteiger partial charge >= 0.3 is 0 Å². The number of benzene rings is 3. The zero-order valence-electron chi connectivity index (χ0n) is 21.1. The van der Waals surface area contributed by atoms with Gasteiger partial charge < -0.3 is 9.99 Å². The van der Waals surface area contributed by atoms with E-state index in [0.29, 0.717) is 0 Å². The first-order valence-electron chi connectivity index (χ1n) is 12.1. The predicted molar refractivity (Wildman–Crippen MR) is 163 cm³/mol. The summed E-state index contributed by atoms with van der Waals surface area (Å²) in [6.07, 6.45) is -0.625. The molecule has 2 aliphatic heterocycles. The fourth-order valence-corrected chi connectivity index (χ4v) is 10.2. The monoisotopic (exact) mass is 587 g/mol. The Morgan fingerprint density at radius 1 is 0.973 bits per heavy atom. The second-order valence-electron chi connectivity index (χ2n) is 9.93. The molecule has 1 N–H and O–H groups in total. The summed E-state index contributed by atoms with van der Waals surface area (Å²) in [7, 11) is 2.14. The number of nitrogens with one attached hydrogen (secondary N) is 1. The van der Waals surface area contributed by atoms with Crippen LogP contribution in [-0.4, -0.2) is 23.0 Å². The Balaban J connectivity index is 1.64. The van der Waals surface area contributed by atoms with Gasteiger partial charge in [0.05, 0.1) is 22.9 Å². The molecule has 1 atom stereocenters. The van der Waals surface area contributed by atoms with E-state index in [-0.39, 0.29) is 5.41 Å². The molecule has 1 unspecified atom stereocenters.